The number of carboxylic acids is 1. The molecule has 0 aliphatic carbocycles. The van der Waals surface area contributed by atoms with E-state index in [-0.39, 0.29) is 18.7 Å². The third-order valence-electron chi connectivity index (χ3n) is 4.39. The summed E-state index contributed by atoms with van der Waals surface area (Å²) >= 11 is 16.5. The molecule has 164 valence electrons. The van der Waals surface area contributed by atoms with Crippen LogP contribution >= 0.6 is 57.6 Å². The van der Waals surface area contributed by atoms with E-state index in [0.717, 1.165) is 30.1 Å². The van der Waals surface area contributed by atoms with E-state index in [1.54, 1.807) is 10.6 Å². The summed E-state index contributed by atoms with van der Waals surface area (Å²) in [5, 5.41) is 11.5. The Labute approximate surface area is 200 Å². The van der Waals surface area contributed by atoms with Gasteiger partial charge in [0.25, 0.3) is 20.0 Å². The summed E-state index contributed by atoms with van der Waals surface area (Å²) in [6.45, 7) is 0.153. The van der Waals surface area contributed by atoms with Crippen molar-refractivity contribution in [2.75, 3.05) is 17.2 Å². The van der Waals surface area contributed by atoms with Crippen molar-refractivity contribution in [1.82, 2.24) is 0 Å². The maximum atomic E-state index is 11.4. The van der Waals surface area contributed by atoms with Crippen molar-refractivity contribution < 1.29 is 27.4 Å². The highest BCUT2D eigenvalue weighted by atomic mass is 35.5. The minimum atomic E-state index is -4.06. The molecule has 3 heterocycles. The van der Waals surface area contributed by atoms with E-state index < -0.39 is 16.1 Å². The molecule has 0 saturated carbocycles. The first-order valence-corrected chi connectivity index (χ1v) is 13.7. The number of thioether (sulfide) groups is 1. The highest BCUT2D eigenvalue weighted by molar-refractivity contribution is 8.04. The Balaban J connectivity index is 1.74. The van der Waals surface area contributed by atoms with E-state index in [1.165, 1.54) is 34.4 Å². The Morgan fingerprint density at radius 2 is 2.00 bits per heavy atom. The van der Waals surface area contributed by atoms with Gasteiger partial charge >= 0.3 is 5.97 Å². The van der Waals surface area contributed by atoms with Crippen LogP contribution in [0.2, 0.25) is 9.36 Å². The van der Waals surface area contributed by atoms with Crippen LogP contribution in [0, 0.1) is 0 Å². The van der Waals surface area contributed by atoms with Crippen LogP contribution in [-0.2, 0) is 21.5 Å². The zero-order chi connectivity index (χ0) is 22.3. The highest BCUT2D eigenvalue weighted by Gasteiger charge is 2.30. The van der Waals surface area contributed by atoms with E-state index in [1.807, 2.05) is 29.2 Å². The summed E-state index contributed by atoms with van der Waals surface area (Å²) in [6, 6.07) is 7.26. The number of halogens is 2. The predicted molar refractivity (Wildman–Crippen MR) is 126 cm³/mol. The molecule has 1 aromatic carbocycles. The second kappa shape index (κ2) is 8.89. The molecule has 2 aromatic heterocycles. The second-order valence-corrected chi connectivity index (χ2v) is 12.4. The fraction of sp³-hybridized carbons (Fsp3) is 0.222. The highest BCUT2D eigenvalue weighted by Crippen LogP contribution is 2.48. The number of fused-ring (bicyclic) bond motifs is 2. The SMILES string of the molecule is O=C(O)C[n+]1c(C=C2Sc3cc(Cl)ccc3N2CCCS(=O)(=O)O)sc2cc(Cl)sc21. The molecule has 0 spiro atoms. The standard InChI is InChI=1S/C18H14Cl2N2O5S4/c19-10-2-3-11-12(6-10)28-15(21(11)4-1-5-31(25,26)27)8-16-22(9-17(23)24)18-13(29-16)7-14(20)30-18/h2-3,6-8H,1,4-5,9H2,(H-,23,24,25,26,27)/p+1. The number of rotatable bonds is 7. The largest absolute Gasteiger partial charge is 0.477 e. The van der Waals surface area contributed by atoms with Gasteiger partial charge in [0.05, 0.1) is 22.5 Å². The number of carboxylic acid groups (broad SMARTS) is 1. The van der Waals surface area contributed by atoms with Gasteiger partial charge in [0.1, 0.15) is 9.04 Å². The number of nitrogens with zero attached hydrogens (tertiary/aromatic N) is 2. The summed E-state index contributed by atoms with van der Waals surface area (Å²) in [5.74, 6) is -1.32. The molecular formula is C18H15Cl2N2O5S4+. The van der Waals surface area contributed by atoms with Gasteiger partial charge in [-0.25, -0.2) is 4.79 Å². The first-order valence-electron chi connectivity index (χ1n) is 8.86. The average molecular weight is 539 g/mol. The molecule has 1 aliphatic heterocycles. The number of aromatic nitrogens is 1. The number of aliphatic carboxylic acids is 1. The van der Waals surface area contributed by atoms with Crippen molar-refractivity contribution in [3.8, 4) is 0 Å². The molecular weight excluding hydrogens is 523 g/mol. The Bertz CT molecular complexity index is 1320. The summed E-state index contributed by atoms with van der Waals surface area (Å²) < 4.78 is 34.6. The summed E-state index contributed by atoms with van der Waals surface area (Å²) in [6.07, 6.45) is 2.11. The topological polar surface area (TPSA) is 98.8 Å². The Morgan fingerprint density at radius 3 is 2.71 bits per heavy atom. The lowest BCUT2D eigenvalue weighted by atomic mass is 10.3. The quantitative estimate of drug-likeness (QED) is 0.329. The van der Waals surface area contributed by atoms with Crippen molar-refractivity contribution >= 4 is 95.0 Å². The molecule has 0 saturated heterocycles. The second-order valence-electron chi connectivity index (χ2n) is 6.63. The van der Waals surface area contributed by atoms with Gasteiger partial charge in [0, 0.05) is 16.5 Å². The molecule has 0 unspecified atom stereocenters. The zero-order valence-corrected chi connectivity index (χ0v) is 20.4. The molecule has 13 heteroatoms. The van der Waals surface area contributed by atoms with Crippen LogP contribution in [0.1, 0.15) is 11.4 Å². The van der Waals surface area contributed by atoms with Gasteiger partial charge in [-0.05, 0) is 30.7 Å². The molecule has 0 bridgehead atoms. The lowest BCUT2D eigenvalue weighted by Gasteiger charge is -2.19. The molecule has 0 atom stereocenters. The van der Waals surface area contributed by atoms with Crippen LogP contribution in [0.25, 0.3) is 15.6 Å². The number of thiophene rings is 1. The fourth-order valence-electron chi connectivity index (χ4n) is 3.19. The van der Waals surface area contributed by atoms with Crippen molar-refractivity contribution in [2.24, 2.45) is 0 Å². The van der Waals surface area contributed by atoms with E-state index >= 15 is 0 Å². The molecule has 1 aliphatic rings. The van der Waals surface area contributed by atoms with Crippen molar-refractivity contribution in [3.63, 3.8) is 0 Å². The van der Waals surface area contributed by atoms with E-state index in [9.17, 15) is 18.3 Å². The third-order valence-corrected chi connectivity index (χ3v) is 9.02. The number of carbonyl (C=O) groups is 1. The van der Waals surface area contributed by atoms with Crippen molar-refractivity contribution in [1.29, 1.82) is 0 Å². The van der Waals surface area contributed by atoms with E-state index in [4.69, 9.17) is 27.8 Å². The van der Waals surface area contributed by atoms with Gasteiger partial charge in [-0.2, -0.15) is 13.0 Å². The van der Waals surface area contributed by atoms with Crippen molar-refractivity contribution in [2.45, 2.75) is 17.9 Å². The van der Waals surface area contributed by atoms with Crippen molar-refractivity contribution in [3.05, 3.63) is 43.7 Å². The predicted octanol–water partition coefficient (Wildman–Crippen LogP) is 4.83. The monoisotopic (exact) mass is 537 g/mol. The third kappa shape index (κ3) is 5.19. The Kier molecular flexibility index (Phi) is 6.55. The van der Waals surface area contributed by atoms with Crippen LogP contribution in [0.4, 0.5) is 5.69 Å². The summed E-state index contributed by atoms with van der Waals surface area (Å²) in [4.78, 5) is 15.1. The van der Waals surface area contributed by atoms with Crippen LogP contribution in [0.15, 0.2) is 34.2 Å². The fourth-order valence-corrected chi connectivity index (χ4v) is 7.76. The molecule has 0 radical (unpaired) electrons. The molecule has 0 amide bonds. The summed E-state index contributed by atoms with van der Waals surface area (Å²) in [7, 11) is -4.06. The molecule has 0 fully saturated rings. The number of thiazole rings is 1. The number of hydrogen-bond acceptors (Lipinski definition) is 7. The van der Waals surface area contributed by atoms with Crippen LogP contribution in [0.5, 0.6) is 0 Å². The number of benzene rings is 1. The Morgan fingerprint density at radius 1 is 1.23 bits per heavy atom. The molecule has 4 rings (SSSR count). The Hall–Kier alpha value is -1.34. The molecule has 2 N–H and O–H groups in total. The lowest BCUT2D eigenvalue weighted by Crippen LogP contribution is -2.38. The molecule has 7 nitrogen and oxygen atoms in total. The van der Waals surface area contributed by atoms with Gasteiger partial charge in [-0.1, -0.05) is 57.6 Å². The maximum Gasteiger partial charge on any atom is 0.370 e. The molecule has 31 heavy (non-hydrogen) atoms. The minimum Gasteiger partial charge on any atom is -0.477 e. The van der Waals surface area contributed by atoms with Gasteiger partial charge in [-0.3, -0.25) is 4.55 Å². The normalized spacial score (nSPS) is 15.2. The number of anilines is 1. The number of hydrogen-bond donors (Lipinski definition) is 2. The zero-order valence-electron chi connectivity index (χ0n) is 15.6. The van der Waals surface area contributed by atoms with Crippen LogP contribution in [-0.4, -0.2) is 36.3 Å². The van der Waals surface area contributed by atoms with Crippen LogP contribution in [0.3, 0.4) is 0 Å². The first-order chi connectivity index (χ1) is 14.6. The van der Waals surface area contributed by atoms with Gasteiger partial charge in [0.2, 0.25) is 6.54 Å². The smallest absolute Gasteiger partial charge is 0.370 e. The van der Waals surface area contributed by atoms with Crippen LogP contribution < -0.4 is 9.47 Å². The van der Waals surface area contributed by atoms with Gasteiger partial charge < -0.3 is 10.0 Å². The van der Waals surface area contributed by atoms with Gasteiger partial charge in [0.15, 0.2) is 0 Å². The minimum absolute atomic E-state index is 0.206. The summed E-state index contributed by atoms with van der Waals surface area (Å²) in [5.41, 5.74) is 0.877. The van der Waals surface area contributed by atoms with E-state index in [0.29, 0.717) is 15.9 Å². The maximum absolute atomic E-state index is 11.4. The van der Waals surface area contributed by atoms with E-state index in [2.05, 4.69) is 0 Å². The average Bonchev–Trinajstić information content (AvgIpc) is 3.26. The first kappa shape index (κ1) is 22.8. The van der Waals surface area contributed by atoms with Gasteiger partial charge in [-0.15, -0.1) is 0 Å². The molecule has 3 aromatic rings. The lowest BCUT2D eigenvalue weighted by molar-refractivity contribution is -0.655.